The molecule has 142 valence electrons. The number of hydrogen-bond acceptors (Lipinski definition) is 4. The van der Waals surface area contributed by atoms with E-state index < -0.39 is 0 Å². The van der Waals surface area contributed by atoms with Gasteiger partial charge in [0.15, 0.2) is 0 Å². The van der Waals surface area contributed by atoms with Gasteiger partial charge in [-0.2, -0.15) is 5.10 Å². The average molecular weight is 375 g/mol. The van der Waals surface area contributed by atoms with Crippen molar-refractivity contribution in [1.82, 2.24) is 14.7 Å². The predicted octanol–water partition coefficient (Wildman–Crippen LogP) is 2.50. The van der Waals surface area contributed by atoms with Gasteiger partial charge in [-0.25, -0.2) is 4.68 Å². The zero-order chi connectivity index (χ0) is 19.5. The van der Waals surface area contributed by atoms with E-state index in [4.69, 9.17) is 4.74 Å². The molecule has 3 aromatic rings. The minimum atomic E-state index is -0.294. The van der Waals surface area contributed by atoms with Crippen LogP contribution in [0.4, 0.5) is 0 Å². The van der Waals surface area contributed by atoms with Crippen LogP contribution in [-0.2, 0) is 24.3 Å². The number of benzene rings is 2. The molecule has 0 saturated heterocycles. The second-order valence-electron chi connectivity index (χ2n) is 6.78. The van der Waals surface area contributed by atoms with Crippen LogP contribution >= 0.6 is 0 Å². The summed E-state index contributed by atoms with van der Waals surface area (Å²) in [5, 5.41) is 4.40. The van der Waals surface area contributed by atoms with Gasteiger partial charge >= 0.3 is 0 Å². The van der Waals surface area contributed by atoms with Crippen molar-refractivity contribution in [2.24, 2.45) is 0 Å². The van der Waals surface area contributed by atoms with Gasteiger partial charge in [0.1, 0.15) is 12.3 Å². The fourth-order valence-electron chi connectivity index (χ4n) is 3.44. The molecule has 0 N–H and O–H groups in total. The van der Waals surface area contributed by atoms with Crippen LogP contribution in [0, 0.1) is 0 Å². The van der Waals surface area contributed by atoms with Gasteiger partial charge in [-0.15, -0.1) is 0 Å². The number of carbonyl (C=O) groups is 1. The van der Waals surface area contributed by atoms with Gasteiger partial charge in [-0.1, -0.05) is 36.4 Å². The number of methoxy groups -OCH3 is 1. The van der Waals surface area contributed by atoms with Crippen LogP contribution in [0.2, 0.25) is 0 Å². The van der Waals surface area contributed by atoms with Crippen molar-refractivity contribution < 1.29 is 9.53 Å². The number of amides is 1. The summed E-state index contributed by atoms with van der Waals surface area (Å²) in [5.74, 6) is 0.604. The number of carbonyl (C=O) groups excluding carboxylic acids is 1. The van der Waals surface area contributed by atoms with Crippen molar-refractivity contribution in [3.63, 3.8) is 0 Å². The predicted molar refractivity (Wildman–Crippen MR) is 106 cm³/mol. The molecular formula is C22H21N3O3. The van der Waals surface area contributed by atoms with Crippen molar-refractivity contribution in [3.05, 3.63) is 82.1 Å². The highest BCUT2D eigenvalue weighted by molar-refractivity contribution is 5.76. The molecule has 2 heterocycles. The average Bonchev–Trinajstić information content (AvgIpc) is 2.75. The van der Waals surface area contributed by atoms with E-state index >= 15 is 0 Å². The van der Waals surface area contributed by atoms with E-state index in [0.29, 0.717) is 24.5 Å². The molecule has 0 spiro atoms. The lowest BCUT2D eigenvalue weighted by Crippen LogP contribution is -2.40. The fraction of sp³-hybridized carbons (Fsp3) is 0.227. The van der Waals surface area contributed by atoms with Crippen LogP contribution in [0.1, 0.15) is 11.1 Å². The largest absolute Gasteiger partial charge is 0.497 e. The molecule has 6 nitrogen and oxygen atoms in total. The number of ether oxygens (including phenoxy) is 1. The molecule has 0 saturated carbocycles. The molecule has 0 radical (unpaired) electrons. The first-order chi connectivity index (χ1) is 13.6. The molecule has 1 aliphatic heterocycles. The number of fused-ring (bicyclic) bond motifs is 1. The summed E-state index contributed by atoms with van der Waals surface area (Å²) in [6.45, 7) is 1.15. The maximum Gasteiger partial charge on any atom is 0.267 e. The molecule has 1 aliphatic rings. The Kier molecular flexibility index (Phi) is 4.93. The first kappa shape index (κ1) is 18.0. The highest BCUT2D eigenvalue weighted by atomic mass is 16.5. The van der Waals surface area contributed by atoms with Crippen molar-refractivity contribution in [3.8, 4) is 17.0 Å². The van der Waals surface area contributed by atoms with Gasteiger partial charge in [-0.3, -0.25) is 9.59 Å². The molecule has 0 bridgehead atoms. The molecule has 0 unspecified atom stereocenters. The smallest absolute Gasteiger partial charge is 0.267 e. The molecule has 6 heteroatoms. The van der Waals surface area contributed by atoms with Gasteiger partial charge in [0.05, 0.1) is 12.8 Å². The van der Waals surface area contributed by atoms with Crippen molar-refractivity contribution in [1.29, 1.82) is 0 Å². The number of nitrogens with zero attached hydrogens (tertiary/aromatic N) is 3. The molecule has 0 fully saturated rings. The summed E-state index contributed by atoms with van der Waals surface area (Å²) in [6, 6.07) is 18.7. The Labute approximate surface area is 163 Å². The summed E-state index contributed by atoms with van der Waals surface area (Å²) in [4.78, 5) is 26.8. The molecule has 0 atom stereocenters. The minimum Gasteiger partial charge on any atom is -0.497 e. The van der Waals surface area contributed by atoms with E-state index in [9.17, 15) is 9.59 Å². The monoisotopic (exact) mass is 375 g/mol. The Morgan fingerprint density at radius 2 is 1.89 bits per heavy atom. The van der Waals surface area contributed by atoms with Gasteiger partial charge in [-0.05, 0) is 35.7 Å². The SMILES string of the molecule is COc1cccc(-c2ccc(=O)n(CC(=O)N3CCc4ccccc4C3)n2)c1. The standard InChI is InChI=1S/C22H21N3O3/c1-28-19-8-4-7-17(13-19)20-9-10-21(26)25(23-20)15-22(27)24-12-11-16-5-2-3-6-18(16)14-24/h2-10,13H,11-12,14-15H2,1H3. The number of aromatic nitrogens is 2. The molecular weight excluding hydrogens is 354 g/mol. The van der Waals surface area contributed by atoms with E-state index in [2.05, 4.69) is 11.2 Å². The summed E-state index contributed by atoms with van der Waals surface area (Å²) in [6.07, 6.45) is 0.827. The van der Waals surface area contributed by atoms with Gasteiger partial charge in [0.25, 0.3) is 5.56 Å². The Hall–Kier alpha value is -3.41. The van der Waals surface area contributed by atoms with Crippen LogP contribution < -0.4 is 10.3 Å². The highest BCUT2D eigenvalue weighted by Crippen LogP contribution is 2.21. The summed E-state index contributed by atoms with van der Waals surface area (Å²) in [5.41, 5.74) is 3.59. The van der Waals surface area contributed by atoms with Crippen LogP contribution in [0.3, 0.4) is 0 Å². The second-order valence-corrected chi connectivity index (χ2v) is 6.78. The zero-order valence-corrected chi connectivity index (χ0v) is 15.7. The lowest BCUT2D eigenvalue weighted by molar-refractivity contribution is -0.133. The molecule has 0 aliphatic carbocycles. The van der Waals surface area contributed by atoms with Crippen LogP contribution in [-0.4, -0.2) is 34.2 Å². The quantitative estimate of drug-likeness (QED) is 0.703. The van der Waals surface area contributed by atoms with E-state index in [0.717, 1.165) is 17.5 Å². The lowest BCUT2D eigenvalue weighted by atomic mass is 10.00. The first-order valence-corrected chi connectivity index (χ1v) is 9.21. The van der Waals surface area contributed by atoms with Crippen LogP contribution in [0.5, 0.6) is 5.75 Å². The first-order valence-electron chi connectivity index (χ1n) is 9.21. The Morgan fingerprint density at radius 3 is 2.71 bits per heavy atom. The fourth-order valence-corrected chi connectivity index (χ4v) is 3.44. The zero-order valence-electron chi connectivity index (χ0n) is 15.7. The minimum absolute atomic E-state index is 0.0706. The van der Waals surface area contributed by atoms with Crippen LogP contribution in [0.15, 0.2) is 65.5 Å². The van der Waals surface area contributed by atoms with Gasteiger partial charge < -0.3 is 9.64 Å². The third-order valence-electron chi connectivity index (χ3n) is 5.00. The topological polar surface area (TPSA) is 64.4 Å². The molecule has 1 aromatic heterocycles. The Balaban J connectivity index is 1.55. The number of hydrogen-bond donors (Lipinski definition) is 0. The Bertz CT molecular complexity index is 1070. The maximum absolute atomic E-state index is 12.8. The number of rotatable bonds is 4. The van der Waals surface area contributed by atoms with Gasteiger partial charge in [0, 0.05) is 24.7 Å². The second kappa shape index (κ2) is 7.68. The molecule has 28 heavy (non-hydrogen) atoms. The molecule has 4 rings (SSSR count). The van der Waals surface area contributed by atoms with E-state index in [1.54, 1.807) is 18.1 Å². The summed E-state index contributed by atoms with van der Waals surface area (Å²) in [7, 11) is 1.60. The lowest BCUT2D eigenvalue weighted by Gasteiger charge is -2.29. The van der Waals surface area contributed by atoms with Crippen molar-refractivity contribution in [2.75, 3.05) is 13.7 Å². The van der Waals surface area contributed by atoms with E-state index in [1.165, 1.54) is 16.3 Å². The van der Waals surface area contributed by atoms with Crippen LogP contribution in [0.25, 0.3) is 11.3 Å². The third kappa shape index (κ3) is 3.67. The maximum atomic E-state index is 12.8. The van der Waals surface area contributed by atoms with Crippen molar-refractivity contribution in [2.45, 2.75) is 19.5 Å². The molecule has 1 amide bonds. The molecule has 2 aromatic carbocycles. The third-order valence-corrected chi connectivity index (χ3v) is 5.00. The Morgan fingerprint density at radius 1 is 1.07 bits per heavy atom. The summed E-state index contributed by atoms with van der Waals surface area (Å²) < 4.78 is 6.48. The van der Waals surface area contributed by atoms with Crippen molar-refractivity contribution >= 4 is 5.91 Å². The van der Waals surface area contributed by atoms with E-state index in [-0.39, 0.29) is 18.0 Å². The van der Waals surface area contributed by atoms with E-state index in [1.807, 2.05) is 42.5 Å². The highest BCUT2D eigenvalue weighted by Gasteiger charge is 2.21. The van der Waals surface area contributed by atoms with Gasteiger partial charge in [0.2, 0.25) is 5.91 Å². The summed E-state index contributed by atoms with van der Waals surface area (Å²) >= 11 is 0. The normalized spacial score (nSPS) is 13.1.